The highest BCUT2D eigenvalue weighted by Gasteiger charge is 2.27. The summed E-state index contributed by atoms with van der Waals surface area (Å²) in [4.78, 5) is 12.1. The molecule has 0 spiro atoms. The molecule has 0 aliphatic rings. The summed E-state index contributed by atoms with van der Waals surface area (Å²) in [5.74, 6) is -0.285. The van der Waals surface area contributed by atoms with Crippen molar-refractivity contribution >= 4 is 15.9 Å². The second-order valence-corrected chi connectivity index (χ2v) is 7.68. The summed E-state index contributed by atoms with van der Waals surface area (Å²) in [6.07, 6.45) is 0.817. The van der Waals surface area contributed by atoms with Gasteiger partial charge in [0.1, 0.15) is 0 Å². The van der Waals surface area contributed by atoms with E-state index < -0.39 is 10.0 Å². The van der Waals surface area contributed by atoms with Crippen LogP contribution in [0.1, 0.15) is 35.6 Å². The third-order valence-corrected chi connectivity index (χ3v) is 5.98. The first-order chi connectivity index (χ1) is 10.1. The van der Waals surface area contributed by atoms with Gasteiger partial charge < -0.3 is 5.32 Å². The summed E-state index contributed by atoms with van der Waals surface area (Å²) in [5, 5.41) is 2.69. The predicted molar refractivity (Wildman–Crippen MR) is 88.5 cm³/mol. The minimum atomic E-state index is -3.69. The Kier molecular flexibility index (Phi) is 6.14. The van der Waals surface area contributed by atoms with E-state index in [4.69, 9.17) is 0 Å². The molecule has 22 heavy (non-hydrogen) atoms. The zero-order valence-corrected chi connectivity index (χ0v) is 15.1. The van der Waals surface area contributed by atoms with E-state index in [1.807, 2.05) is 26.8 Å². The van der Waals surface area contributed by atoms with E-state index in [1.54, 1.807) is 13.8 Å². The van der Waals surface area contributed by atoms with E-state index in [-0.39, 0.29) is 12.5 Å². The van der Waals surface area contributed by atoms with Crippen molar-refractivity contribution in [1.29, 1.82) is 0 Å². The quantitative estimate of drug-likeness (QED) is 0.870. The van der Waals surface area contributed by atoms with Crippen LogP contribution in [0.2, 0.25) is 0 Å². The highest BCUT2D eigenvalue weighted by Crippen LogP contribution is 2.28. The Morgan fingerprint density at radius 3 is 2.09 bits per heavy atom. The Hall–Kier alpha value is -1.40. The summed E-state index contributed by atoms with van der Waals surface area (Å²) in [6, 6.07) is 1.98. The van der Waals surface area contributed by atoms with E-state index in [1.165, 1.54) is 7.05 Å². The van der Waals surface area contributed by atoms with Crippen molar-refractivity contribution in [2.75, 3.05) is 20.1 Å². The van der Waals surface area contributed by atoms with Crippen LogP contribution in [-0.2, 0) is 14.8 Å². The zero-order valence-electron chi connectivity index (χ0n) is 14.3. The third kappa shape index (κ3) is 3.87. The molecule has 0 saturated heterocycles. The fraction of sp³-hybridized carbons (Fsp3) is 0.562. The van der Waals surface area contributed by atoms with Gasteiger partial charge in [0.25, 0.3) is 0 Å². The lowest BCUT2D eigenvalue weighted by molar-refractivity contribution is -0.121. The van der Waals surface area contributed by atoms with Crippen LogP contribution in [0.3, 0.4) is 0 Å². The number of likely N-dealkylation sites (N-methyl/N-ethyl adjacent to an activating group) is 1. The molecule has 0 aromatic heterocycles. The van der Waals surface area contributed by atoms with Gasteiger partial charge in [-0.1, -0.05) is 13.0 Å². The molecule has 0 fully saturated rings. The molecule has 0 unspecified atom stereocenters. The number of benzene rings is 1. The number of carbonyl (C=O) groups excluding carboxylic acids is 1. The van der Waals surface area contributed by atoms with E-state index in [9.17, 15) is 13.2 Å². The van der Waals surface area contributed by atoms with Crippen molar-refractivity contribution in [2.24, 2.45) is 0 Å². The van der Waals surface area contributed by atoms with Crippen LogP contribution in [0.5, 0.6) is 0 Å². The van der Waals surface area contributed by atoms with Gasteiger partial charge in [0.2, 0.25) is 15.9 Å². The topological polar surface area (TPSA) is 66.5 Å². The maximum Gasteiger partial charge on any atom is 0.243 e. The molecule has 0 heterocycles. The van der Waals surface area contributed by atoms with Gasteiger partial charge in [0, 0.05) is 13.6 Å². The number of amides is 1. The minimum absolute atomic E-state index is 0.172. The summed E-state index contributed by atoms with van der Waals surface area (Å²) in [7, 11) is -2.25. The molecule has 6 heteroatoms. The van der Waals surface area contributed by atoms with Crippen LogP contribution in [-0.4, -0.2) is 38.8 Å². The molecule has 1 amide bonds. The molecule has 5 nitrogen and oxygen atoms in total. The number of hydrogen-bond donors (Lipinski definition) is 1. The molecular formula is C16H26N2O3S. The maximum absolute atomic E-state index is 12.8. The van der Waals surface area contributed by atoms with E-state index in [2.05, 4.69) is 5.32 Å². The third-order valence-electron chi connectivity index (χ3n) is 3.90. The van der Waals surface area contributed by atoms with E-state index in [0.717, 1.165) is 33.0 Å². The molecule has 1 N–H and O–H groups in total. The lowest BCUT2D eigenvalue weighted by atomic mass is 10.0. The molecular weight excluding hydrogens is 300 g/mol. The number of aryl methyl sites for hydroxylation is 2. The normalized spacial score (nSPS) is 11.8. The SMILES string of the molecule is CCCNC(=O)CN(C)S(=O)(=O)c1c(C)c(C)cc(C)c1C. The predicted octanol–water partition coefficient (Wildman–Crippen LogP) is 2.07. The molecule has 1 rings (SSSR count). The Balaban J connectivity index is 3.17. The van der Waals surface area contributed by atoms with Gasteiger partial charge in [-0.15, -0.1) is 0 Å². The number of carbonyl (C=O) groups is 1. The Bertz CT molecular complexity index is 640. The molecule has 0 aliphatic carbocycles. The summed E-state index contributed by atoms with van der Waals surface area (Å²) < 4.78 is 26.8. The van der Waals surface area contributed by atoms with Crippen LogP contribution >= 0.6 is 0 Å². The van der Waals surface area contributed by atoms with Gasteiger partial charge in [-0.3, -0.25) is 4.79 Å². The molecule has 0 saturated carbocycles. The van der Waals surface area contributed by atoms with Crippen LogP contribution in [0.25, 0.3) is 0 Å². The van der Waals surface area contributed by atoms with Gasteiger partial charge in [-0.2, -0.15) is 4.31 Å². The molecule has 0 bridgehead atoms. The van der Waals surface area contributed by atoms with Crippen LogP contribution in [0.4, 0.5) is 0 Å². The second-order valence-electron chi connectivity index (χ2n) is 5.70. The highest BCUT2D eigenvalue weighted by molar-refractivity contribution is 7.89. The van der Waals surface area contributed by atoms with Gasteiger partial charge >= 0.3 is 0 Å². The van der Waals surface area contributed by atoms with Crippen LogP contribution < -0.4 is 5.32 Å². The average molecular weight is 326 g/mol. The van der Waals surface area contributed by atoms with Gasteiger partial charge in [-0.25, -0.2) is 8.42 Å². The van der Waals surface area contributed by atoms with Gasteiger partial charge in [0.05, 0.1) is 11.4 Å². The fourth-order valence-electron chi connectivity index (χ4n) is 2.33. The number of rotatable bonds is 6. The maximum atomic E-state index is 12.8. The highest BCUT2D eigenvalue weighted by atomic mass is 32.2. The summed E-state index contributed by atoms with van der Waals surface area (Å²) in [6.45, 7) is 9.73. The zero-order chi connectivity index (χ0) is 17.1. The summed E-state index contributed by atoms with van der Waals surface area (Å²) >= 11 is 0. The lowest BCUT2D eigenvalue weighted by Gasteiger charge is -2.21. The fourth-order valence-corrected chi connectivity index (χ4v) is 4.03. The van der Waals surface area contributed by atoms with Crippen molar-refractivity contribution in [3.63, 3.8) is 0 Å². The summed E-state index contributed by atoms with van der Waals surface area (Å²) in [5.41, 5.74) is 3.35. The Morgan fingerprint density at radius 2 is 1.64 bits per heavy atom. The van der Waals surface area contributed by atoms with Crippen molar-refractivity contribution in [3.05, 3.63) is 28.3 Å². The number of nitrogens with zero attached hydrogens (tertiary/aromatic N) is 1. The number of hydrogen-bond acceptors (Lipinski definition) is 3. The molecule has 1 aromatic rings. The van der Waals surface area contributed by atoms with Gasteiger partial charge in [-0.05, 0) is 56.4 Å². The minimum Gasteiger partial charge on any atom is -0.355 e. The molecule has 124 valence electrons. The molecule has 0 radical (unpaired) electrons. The van der Waals surface area contributed by atoms with Crippen molar-refractivity contribution in [2.45, 2.75) is 45.9 Å². The van der Waals surface area contributed by atoms with Crippen molar-refractivity contribution in [1.82, 2.24) is 9.62 Å². The first-order valence-corrected chi connectivity index (χ1v) is 8.87. The van der Waals surface area contributed by atoms with E-state index >= 15 is 0 Å². The molecule has 0 aliphatic heterocycles. The van der Waals surface area contributed by atoms with Gasteiger partial charge in [0.15, 0.2) is 0 Å². The Morgan fingerprint density at radius 1 is 1.14 bits per heavy atom. The Labute approximate surface area is 133 Å². The van der Waals surface area contributed by atoms with Crippen LogP contribution in [0, 0.1) is 27.7 Å². The first kappa shape index (κ1) is 18.6. The van der Waals surface area contributed by atoms with Crippen molar-refractivity contribution in [3.8, 4) is 0 Å². The monoisotopic (exact) mass is 326 g/mol. The molecule has 1 aromatic carbocycles. The number of sulfonamides is 1. The second kappa shape index (κ2) is 7.24. The lowest BCUT2D eigenvalue weighted by Crippen LogP contribution is -2.39. The average Bonchev–Trinajstić information content (AvgIpc) is 2.42. The van der Waals surface area contributed by atoms with Crippen LogP contribution in [0.15, 0.2) is 11.0 Å². The largest absolute Gasteiger partial charge is 0.355 e. The smallest absolute Gasteiger partial charge is 0.243 e. The molecule has 0 atom stereocenters. The van der Waals surface area contributed by atoms with Crippen molar-refractivity contribution < 1.29 is 13.2 Å². The first-order valence-electron chi connectivity index (χ1n) is 7.43. The number of nitrogens with one attached hydrogen (secondary N) is 1. The standard InChI is InChI=1S/C16H26N2O3S/c1-7-8-17-15(19)10-18(6)22(20,21)16-13(4)11(2)9-12(3)14(16)5/h9H,7-8,10H2,1-6H3,(H,17,19). The van der Waals surface area contributed by atoms with E-state index in [0.29, 0.717) is 11.4 Å².